The number of nitrogens with zero attached hydrogens (tertiary/aromatic N) is 2. The average molecular weight is 309 g/mol. The number of nitro groups is 1. The van der Waals surface area contributed by atoms with Crippen molar-refractivity contribution in [1.29, 1.82) is 0 Å². The molecule has 110 valence electrons. The lowest BCUT2D eigenvalue weighted by Gasteiger charge is -2.10. The number of aromatic nitrogens is 1. The molecule has 0 radical (unpaired) electrons. The van der Waals surface area contributed by atoms with E-state index in [9.17, 15) is 18.5 Å². The van der Waals surface area contributed by atoms with E-state index in [4.69, 9.17) is 5.84 Å². The zero-order valence-corrected chi connectivity index (χ0v) is 11.4. The molecule has 1 aromatic heterocycles. The molecule has 0 unspecified atom stereocenters. The number of benzene rings is 1. The number of nitro benzene ring substituents is 1. The molecule has 4 N–H and O–H groups in total. The maximum absolute atomic E-state index is 12.3. The number of rotatable bonds is 5. The molecule has 10 heteroatoms. The molecule has 0 aliphatic rings. The normalized spacial score (nSPS) is 10.9. The maximum Gasteiger partial charge on any atom is 0.314 e. The monoisotopic (exact) mass is 309 g/mol. The van der Waals surface area contributed by atoms with Crippen LogP contribution in [0, 0.1) is 10.1 Å². The lowest BCUT2D eigenvalue weighted by molar-refractivity contribution is -0.386. The van der Waals surface area contributed by atoms with Gasteiger partial charge in [0.05, 0.1) is 10.6 Å². The van der Waals surface area contributed by atoms with Gasteiger partial charge < -0.3 is 5.43 Å². The molecule has 0 saturated carbocycles. The van der Waals surface area contributed by atoms with Gasteiger partial charge in [0, 0.05) is 12.4 Å². The van der Waals surface area contributed by atoms with Crippen LogP contribution in [0.4, 0.5) is 17.1 Å². The van der Waals surface area contributed by atoms with E-state index in [2.05, 4.69) is 15.1 Å². The second kappa shape index (κ2) is 5.73. The minimum absolute atomic E-state index is 0.0994. The molecule has 1 heterocycles. The summed E-state index contributed by atoms with van der Waals surface area (Å²) in [4.78, 5) is 13.6. The smallest absolute Gasteiger partial charge is 0.314 e. The summed E-state index contributed by atoms with van der Waals surface area (Å²) in [6, 6.07) is 6.64. The summed E-state index contributed by atoms with van der Waals surface area (Å²) in [5.41, 5.74) is 1.63. The van der Waals surface area contributed by atoms with Gasteiger partial charge in [-0.15, -0.1) is 0 Å². The third-order valence-corrected chi connectivity index (χ3v) is 3.97. The number of nitrogens with one attached hydrogen (secondary N) is 2. The number of hydrogen-bond donors (Lipinski definition) is 3. The van der Waals surface area contributed by atoms with E-state index in [0.29, 0.717) is 0 Å². The molecular formula is C11H11N5O4S. The van der Waals surface area contributed by atoms with Crippen molar-refractivity contribution in [2.75, 3.05) is 10.1 Å². The van der Waals surface area contributed by atoms with E-state index >= 15 is 0 Å². The molecule has 2 aromatic rings. The topological polar surface area (TPSA) is 140 Å². The summed E-state index contributed by atoms with van der Waals surface area (Å²) >= 11 is 0. The summed E-state index contributed by atoms with van der Waals surface area (Å²) in [5.74, 6) is 5.18. The van der Waals surface area contributed by atoms with Crippen LogP contribution in [0.2, 0.25) is 0 Å². The Morgan fingerprint density at radius 2 is 1.86 bits per heavy atom. The van der Waals surface area contributed by atoms with E-state index in [0.717, 1.165) is 6.07 Å². The Labute approximate surface area is 120 Å². The summed E-state index contributed by atoms with van der Waals surface area (Å²) in [6.07, 6.45) is 2.79. The molecule has 0 atom stereocenters. The molecule has 2 rings (SSSR count). The van der Waals surface area contributed by atoms with Crippen molar-refractivity contribution in [3.63, 3.8) is 0 Å². The molecule has 21 heavy (non-hydrogen) atoms. The van der Waals surface area contributed by atoms with Gasteiger partial charge in [0.1, 0.15) is 5.69 Å². The zero-order chi connectivity index (χ0) is 15.5. The predicted molar refractivity (Wildman–Crippen MR) is 76.0 cm³/mol. The van der Waals surface area contributed by atoms with Crippen LogP contribution >= 0.6 is 0 Å². The number of anilines is 2. The number of nitrogen functional groups attached to an aromatic ring is 1. The Balaban J connectivity index is 2.52. The second-order valence-corrected chi connectivity index (χ2v) is 5.55. The van der Waals surface area contributed by atoms with Crippen LogP contribution in [0.1, 0.15) is 0 Å². The van der Waals surface area contributed by atoms with E-state index in [1.165, 1.54) is 36.7 Å². The number of hydrazine groups is 1. The third-order valence-electron chi connectivity index (χ3n) is 2.56. The molecule has 1 aromatic carbocycles. The van der Waals surface area contributed by atoms with E-state index in [-0.39, 0.29) is 11.4 Å². The highest BCUT2D eigenvalue weighted by Crippen LogP contribution is 2.32. The van der Waals surface area contributed by atoms with Crippen LogP contribution in [-0.4, -0.2) is 18.3 Å². The lowest BCUT2D eigenvalue weighted by atomic mass is 10.3. The summed E-state index contributed by atoms with van der Waals surface area (Å²) in [5, 5.41) is 11.1. The average Bonchev–Trinajstić information content (AvgIpc) is 2.46. The van der Waals surface area contributed by atoms with Gasteiger partial charge >= 0.3 is 5.69 Å². The molecule has 0 aliphatic carbocycles. The highest BCUT2D eigenvalue weighted by molar-refractivity contribution is 7.92. The van der Waals surface area contributed by atoms with Gasteiger partial charge in [-0.2, -0.15) is 0 Å². The number of pyridine rings is 1. The summed E-state index contributed by atoms with van der Waals surface area (Å²) in [7, 11) is -4.14. The number of sulfonamides is 1. The van der Waals surface area contributed by atoms with Crippen LogP contribution in [-0.2, 0) is 10.0 Å². The number of hydrogen-bond acceptors (Lipinski definition) is 7. The van der Waals surface area contributed by atoms with Gasteiger partial charge in [-0.1, -0.05) is 6.07 Å². The SMILES string of the molecule is NNc1cccc(S(=O)(=O)Nc2ccncc2)c1[N+](=O)[O-]. The van der Waals surface area contributed by atoms with Crippen molar-refractivity contribution in [1.82, 2.24) is 4.98 Å². The first-order chi connectivity index (χ1) is 9.95. The Bertz CT molecular complexity index is 763. The zero-order valence-electron chi connectivity index (χ0n) is 10.6. The summed E-state index contributed by atoms with van der Waals surface area (Å²) < 4.78 is 26.8. The lowest BCUT2D eigenvalue weighted by Crippen LogP contribution is -2.17. The Morgan fingerprint density at radius 1 is 1.19 bits per heavy atom. The number of para-hydroxylation sites is 1. The maximum atomic E-state index is 12.3. The van der Waals surface area contributed by atoms with Gasteiger partial charge in [0.2, 0.25) is 0 Å². The fourth-order valence-electron chi connectivity index (χ4n) is 1.67. The van der Waals surface area contributed by atoms with Gasteiger partial charge in [-0.3, -0.25) is 25.7 Å². The molecule has 0 amide bonds. The van der Waals surface area contributed by atoms with E-state index < -0.39 is 25.5 Å². The molecule has 0 bridgehead atoms. The van der Waals surface area contributed by atoms with Crippen LogP contribution < -0.4 is 16.0 Å². The molecule has 0 spiro atoms. The van der Waals surface area contributed by atoms with Gasteiger partial charge in [-0.05, 0) is 24.3 Å². The van der Waals surface area contributed by atoms with Gasteiger partial charge in [-0.25, -0.2) is 8.42 Å². The Hall–Kier alpha value is -2.72. The van der Waals surface area contributed by atoms with Crippen molar-refractivity contribution in [2.45, 2.75) is 4.90 Å². The van der Waals surface area contributed by atoms with E-state index in [1.54, 1.807) is 0 Å². The standard InChI is InChI=1S/C11H11N5O4S/c12-14-9-2-1-3-10(11(9)16(17)18)21(19,20)15-8-4-6-13-7-5-8/h1-7,14H,12H2,(H,13,15). The first-order valence-electron chi connectivity index (χ1n) is 5.62. The highest BCUT2D eigenvalue weighted by Gasteiger charge is 2.28. The molecule has 0 saturated heterocycles. The van der Waals surface area contributed by atoms with Crippen molar-refractivity contribution in [3.8, 4) is 0 Å². The van der Waals surface area contributed by atoms with Crippen molar-refractivity contribution in [3.05, 3.63) is 52.8 Å². The molecular weight excluding hydrogens is 298 g/mol. The van der Waals surface area contributed by atoms with Crippen molar-refractivity contribution in [2.24, 2.45) is 5.84 Å². The molecule has 9 nitrogen and oxygen atoms in total. The van der Waals surface area contributed by atoms with Gasteiger partial charge in [0.15, 0.2) is 4.90 Å². The fourth-order valence-corrected chi connectivity index (χ4v) is 2.93. The fraction of sp³-hybridized carbons (Fsp3) is 0. The molecule has 0 aliphatic heterocycles. The van der Waals surface area contributed by atoms with Crippen LogP contribution in [0.25, 0.3) is 0 Å². The Kier molecular flexibility index (Phi) is 4.00. The largest absolute Gasteiger partial charge is 0.318 e. The van der Waals surface area contributed by atoms with Gasteiger partial charge in [0.25, 0.3) is 10.0 Å². The quantitative estimate of drug-likeness (QED) is 0.426. The first kappa shape index (κ1) is 14.7. The van der Waals surface area contributed by atoms with Crippen LogP contribution in [0.5, 0.6) is 0 Å². The van der Waals surface area contributed by atoms with E-state index in [1.807, 2.05) is 0 Å². The van der Waals surface area contributed by atoms with Crippen molar-refractivity contribution < 1.29 is 13.3 Å². The second-order valence-electron chi connectivity index (χ2n) is 3.90. The predicted octanol–water partition coefficient (Wildman–Crippen LogP) is 1.08. The van der Waals surface area contributed by atoms with Crippen LogP contribution in [0.15, 0.2) is 47.6 Å². The number of nitrogens with two attached hydrogens (primary N) is 1. The minimum Gasteiger partial charge on any atom is -0.318 e. The summed E-state index contributed by atoms with van der Waals surface area (Å²) in [6.45, 7) is 0. The first-order valence-corrected chi connectivity index (χ1v) is 7.11. The minimum atomic E-state index is -4.14. The Morgan fingerprint density at radius 3 is 2.43 bits per heavy atom. The highest BCUT2D eigenvalue weighted by atomic mass is 32.2. The molecule has 0 fully saturated rings. The third kappa shape index (κ3) is 3.07. The van der Waals surface area contributed by atoms with Crippen LogP contribution in [0.3, 0.4) is 0 Å². The van der Waals surface area contributed by atoms with Crippen molar-refractivity contribution >= 4 is 27.1 Å².